The van der Waals surface area contributed by atoms with E-state index in [-0.39, 0.29) is 5.41 Å². The molecule has 1 aromatic heterocycles. The predicted molar refractivity (Wildman–Crippen MR) is 74.5 cm³/mol. The highest BCUT2D eigenvalue weighted by Gasteiger charge is 2.29. The molecular formula is C13H26N6. The molecule has 0 aliphatic heterocycles. The fourth-order valence-electron chi connectivity index (χ4n) is 2.32. The second-order valence-electron chi connectivity index (χ2n) is 6.35. The zero-order chi connectivity index (χ0) is 13.9. The summed E-state index contributed by atoms with van der Waals surface area (Å²) >= 11 is 0. The van der Waals surface area contributed by atoms with Gasteiger partial charge >= 0.3 is 0 Å². The first-order valence-corrected chi connectivity index (χ1v) is 7.25. The maximum Gasteiger partial charge on any atom is 0.165 e. The van der Waals surface area contributed by atoms with Crippen molar-refractivity contribution < 1.29 is 0 Å². The van der Waals surface area contributed by atoms with Gasteiger partial charge in [-0.3, -0.25) is 4.90 Å². The van der Waals surface area contributed by atoms with Crippen LogP contribution in [0.3, 0.4) is 0 Å². The Balaban J connectivity index is 2.01. The molecule has 0 unspecified atom stereocenters. The zero-order valence-corrected chi connectivity index (χ0v) is 12.3. The van der Waals surface area contributed by atoms with Crippen LogP contribution in [0.25, 0.3) is 0 Å². The molecule has 0 aromatic carbocycles. The van der Waals surface area contributed by atoms with Crippen LogP contribution in [-0.4, -0.2) is 44.7 Å². The van der Waals surface area contributed by atoms with Gasteiger partial charge in [0, 0.05) is 6.54 Å². The lowest BCUT2D eigenvalue weighted by Gasteiger charge is -2.31. The third-order valence-electron chi connectivity index (χ3n) is 3.56. The van der Waals surface area contributed by atoms with E-state index in [9.17, 15) is 0 Å². The molecule has 0 bridgehead atoms. The molecule has 0 spiro atoms. The highest BCUT2D eigenvalue weighted by Crippen LogP contribution is 2.34. The molecule has 1 saturated carbocycles. The molecule has 19 heavy (non-hydrogen) atoms. The maximum absolute atomic E-state index is 5.84. The van der Waals surface area contributed by atoms with Crippen LogP contribution in [0.15, 0.2) is 0 Å². The Morgan fingerprint density at radius 3 is 2.74 bits per heavy atom. The summed E-state index contributed by atoms with van der Waals surface area (Å²) in [5.41, 5.74) is 5.97. The summed E-state index contributed by atoms with van der Waals surface area (Å²) in [5, 5.41) is 12.1. The van der Waals surface area contributed by atoms with Crippen molar-refractivity contribution in [2.75, 3.05) is 19.6 Å². The fourth-order valence-corrected chi connectivity index (χ4v) is 2.32. The topological polar surface area (TPSA) is 72.9 Å². The van der Waals surface area contributed by atoms with E-state index in [4.69, 9.17) is 5.73 Å². The lowest BCUT2D eigenvalue weighted by molar-refractivity contribution is 0.170. The van der Waals surface area contributed by atoms with Crippen molar-refractivity contribution in [3.8, 4) is 0 Å². The monoisotopic (exact) mass is 266 g/mol. The van der Waals surface area contributed by atoms with Crippen molar-refractivity contribution in [2.45, 2.75) is 52.6 Å². The standard InChI is InChI=1S/C13H26N6/c1-4-7-18(10-13(2,3)9-14)8-12-15-16-17-19(12)11-5-6-11/h11H,4-10,14H2,1-3H3. The Hall–Kier alpha value is -1.01. The Bertz CT molecular complexity index is 396. The molecule has 0 amide bonds. The van der Waals surface area contributed by atoms with Gasteiger partial charge in [0.05, 0.1) is 12.6 Å². The predicted octanol–water partition coefficient (Wildman–Crippen LogP) is 1.20. The molecule has 1 fully saturated rings. The van der Waals surface area contributed by atoms with Crippen molar-refractivity contribution in [2.24, 2.45) is 11.1 Å². The number of nitrogens with two attached hydrogens (primary N) is 1. The van der Waals surface area contributed by atoms with Crippen LogP contribution < -0.4 is 5.73 Å². The van der Waals surface area contributed by atoms with Gasteiger partial charge in [-0.25, -0.2) is 4.68 Å². The summed E-state index contributed by atoms with van der Waals surface area (Å²) in [7, 11) is 0. The van der Waals surface area contributed by atoms with Crippen LogP contribution in [0, 0.1) is 5.41 Å². The first kappa shape index (κ1) is 14.4. The first-order chi connectivity index (χ1) is 9.05. The Labute approximate surface area is 115 Å². The lowest BCUT2D eigenvalue weighted by atomic mass is 9.93. The molecule has 0 atom stereocenters. The SMILES string of the molecule is CCCN(Cc1nnnn1C1CC1)CC(C)(C)CN. The van der Waals surface area contributed by atoms with Crippen LogP contribution in [-0.2, 0) is 6.54 Å². The first-order valence-electron chi connectivity index (χ1n) is 7.25. The van der Waals surface area contributed by atoms with Crippen LogP contribution in [0.4, 0.5) is 0 Å². The van der Waals surface area contributed by atoms with Crippen molar-refractivity contribution in [1.82, 2.24) is 25.1 Å². The number of hydrogen-bond donors (Lipinski definition) is 1. The van der Waals surface area contributed by atoms with E-state index in [1.54, 1.807) is 0 Å². The summed E-state index contributed by atoms with van der Waals surface area (Å²) in [5.74, 6) is 0.990. The molecule has 0 radical (unpaired) electrons. The molecule has 2 N–H and O–H groups in total. The molecule has 108 valence electrons. The summed E-state index contributed by atoms with van der Waals surface area (Å²) in [6.07, 6.45) is 3.55. The van der Waals surface area contributed by atoms with Gasteiger partial charge in [0.1, 0.15) is 0 Å². The number of aromatic nitrogens is 4. The third kappa shape index (κ3) is 3.98. The van der Waals surface area contributed by atoms with E-state index in [0.29, 0.717) is 12.6 Å². The van der Waals surface area contributed by atoms with Crippen LogP contribution in [0.1, 0.15) is 51.9 Å². The molecule has 1 aliphatic rings. The average molecular weight is 266 g/mol. The molecule has 0 saturated heterocycles. The smallest absolute Gasteiger partial charge is 0.165 e. The Kier molecular flexibility index (Phi) is 4.52. The van der Waals surface area contributed by atoms with Gasteiger partial charge in [0.2, 0.25) is 0 Å². The van der Waals surface area contributed by atoms with E-state index in [2.05, 4.69) is 41.2 Å². The van der Waals surface area contributed by atoms with Crippen molar-refractivity contribution in [1.29, 1.82) is 0 Å². The number of hydrogen-bond acceptors (Lipinski definition) is 5. The molecule has 2 rings (SSSR count). The molecule has 6 heteroatoms. The highest BCUT2D eigenvalue weighted by atomic mass is 15.6. The second kappa shape index (κ2) is 5.96. The van der Waals surface area contributed by atoms with Crippen molar-refractivity contribution >= 4 is 0 Å². The average Bonchev–Trinajstić information content (AvgIpc) is 3.10. The quantitative estimate of drug-likeness (QED) is 0.765. The summed E-state index contributed by atoms with van der Waals surface area (Å²) in [6.45, 7) is 10.2. The summed E-state index contributed by atoms with van der Waals surface area (Å²) < 4.78 is 2.00. The molecular weight excluding hydrogens is 240 g/mol. The maximum atomic E-state index is 5.84. The van der Waals surface area contributed by atoms with Crippen LogP contribution >= 0.6 is 0 Å². The van der Waals surface area contributed by atoms with Gasteiger partial charge < -0.3 is 5.73 Å². The third-order valence-corrected chi connectivity index (χ3v) is 3.56. The van der Waals surface area contributed by atoms with Gasteiger partial charge in [-0.15, -0.1) is 5.10 Å². The van der Waals surface area contributed by atoms with Crippen molar-refractivity contribution in [3.63, 3.8) is 0 Å². The minimum Gasteiger partial charge on any atom is -0.330 e. The van der Waals surface area contributed by atoms with E-state index < -0.39 is 0 Å². The van der Waals surface area contributed by atoms with E-state index in [1.165, 1.54) is 12.8 Å². The van der Waals surface area contributed by atoms with Crippen molar-refractivity contribution in [3.05, 3.63) is 5.82 Å². The van der Waals surface area contributed by atoms with E-state index in [0.717, 1.165) is 31.9 Å². The number of tetrazole rings is 1. The van der Waals surface area contributed by atoms with Gasteiger partial charge in [-0.1, -0.05) is 20.8 Å². The molecule has 1 heterocycles. The summed E-state index contributed by atoms with van der Waals surface area (Å²) in [6, 6.07) is 0.538. The molecule has 6 nitrogen and oxygen atoms in total. The Morgan fingerprint density at radius 2 is 2.16 bits per heavy atom. The number of nitrogens with zero attached hydrogens (tertiary/aromatic N) is 5. The fraction of sp³-hybridized carbons (Fsp3) is 0.923. The van der Waals surface area contributed by atoms with Gasteiger partial charge in [-0.05, 0) is 48.2 Å². The lowest BCUT2D eigenvalue weighted by Crippen LogP contribution is -2.39. The van der Waals surface area contributed by atoms with Gasteiger partial charge in [-0.2, -0.15) is 0 Å². The molecule has 1 aromatic rings. The molecule has 1 aliphatic carbocycles. The number of rotatable bonds is 8. The Morgan fingerprint density at radius 1 is 1.42 bits per heavy atom. The van der Waals surface area contributed by atoms with Crippen LogP contribution in [0.2, 0.25) is 0 Å². The normalized spacial score (nSPS) is 16.3. The van der Waals surface area contributed by atoms with E-state index >= 15 is 0 Å². The summed E-state index contributed by atoms with van der Waals surface area (Å²) in [4.78, 5) is 2.41. The van der Waals surface area contributed by atoms with Gasteiger partial charge in [0.25, 0.3) is 0 Å². The minimum absolute atomic E-state index is 0.132. The zero-order valence-electron chi connectivity index (χ0n) is 12.3. The minimum atomic E-state index is 0.132. The van der Waals surface area contributed by atoms with Crippen LogP contribution in [0.5, 0.6) is 0 Å². The van der Waals surface area contributed by atoms with E-state index in [1.807, 2.05) is 4.68 Å². The highest BCUT2D eigenvalue weighted by molar-refractivity contribution is 4.91. The largest absolute Gasteiger partial charge is 0.330 e. The van der Waals surface area contributed by atoms with Gasteiger partial charge in [0.15, 0.2) is 5.82 Å². The second-order valence-corrected chi connectivity index (χ2v) is 6.35.